The first-order valence-corrected chi connectivity index (χ1v) is 17.1. The van der Waals surface area contributed by atoms with E-state index in [9.17, 15) is 0 Å². The number of aromatic nitrogens is 12. The van der Waals surface area contributed by atoms with Gasteiger partial charge >= 0.3 is 0 Å². The highest BCUT2D eigenvalue weighted by Crippen LogP contribution is 2.29. The zero-order valence-electron chi connectivity index (χ0n) is 28.5. The first kappa shape index (κ1) is 34.3. The fraction of sp³-hybridized carbons (Fsp3) is 0.167. The Bertz CT molecular complexity index is 2450. The van der Waals surface area contributed by atoms with Crippen molar-refractivity contribution in [2.45, 2.75) is 39.8 Å². The first-order valence-electron chi connectivity index (χ1n) is 16.3. The lowest BCUT2D eigenvalue weighted by molar-refractivity contribution is 0.612. The molecule has 0 saturated heterocycles. The van der Waals surface area contributed by atoms with Gasteiger partial charge in [0.15, 0.2) is 39.8 Å². The Kier molecular flexibility index (Phi) is 9.91. The van der Waals surface area contributed by atoms with Crippen LogP contribution in [0.4, 0.5) is 23.0 Å². The second-order valence-electron chi connectivity index (χ2n) is 12.1. The van der Waals surface area contributed by atoms with Gasteiger partial charge in [0.25, 0.3) is 0 Å². The monoisotopic (exact) mass is 730 g/mol. The molecule has 0 aliphatic rings. The van der Waals surface area contributed by atoms with Crippen molar-refractivity contribution in [1.82, 2.24) is 59.0 Å². The van der Waals surface area contributed by atoms with Gasteiger partial charge < -0.3 is 19.8 Å². The minimum atomic E-state index is 0.176. The predicted molar refractivity (Wildman–Crippen MR) is 203 cm³/mol. The highest BCUT2D eigenvalue weighted by molar-refractivity contribution is 6.29. The van der Waals surface area contributed by atoms with Crippen molar-refractivity contribution in [2.75, 3.05) is 10.6 Å². The van der Waals surface area contributed by atoms with E-state index in [0.717, 1.165) is 28.1 Å². The van der Waals surface area contributed by atoms with Crippen molar-refractivity contribution in [1.29, 1.82) is 0 Å². The van der Waals surface area contributed by atoms with E-state index in [2.05, 4.69) is 88.2 Å². The molecule has 0 aliphatic heterocycles. The van der Waals surface area contributed by atoms with Crippen LogP contribution in [0.1, 0.15) is 39.8 Å². The number of fused-ring (bicyclic) bond motifs is 2. The van der Waals surface area contributed by atoms with E-state index in [1.807, 2.05) is 57.7 Å². The lowest BCUT2D eigenvalue weighted by Crippen LogP contribution is -2.02. The summed E-state index contributed by atoms with van der Waals surface area (Å²) in [5, 5.41) is 6.92. The topological polar surface area (TPSA) is 163 Å². The molecule has 0 saturated carbocycles. The van der Waals surface area contributed by atoms with Crippen LogP contribution in [0.15, 0.2) is 98.4 Å². The quantitative estimate of drug-likeness (QED) is 0.144. The Balaban J connectivity index is 0.000000162. The van der Waals surface area contributed by atoms with E-state index < -0.39 is 0 Å². The van der Waals surface area contributed by atoms with Crippen LogP contribution in [-0.4, -0.2) is 59.0 Å². The molecule has 0 radical (unpaired) electrons. The van der Waals surface area contributed by atoms with Crippen molar-refractivity contribution >= 4 is 68.5 Å². The third-order valence-corrected chi connectivity index (χ3v) is 8.23. The number of rotatable bonds is 8. The summed E-state index contributed by atoms with van der Waals surface area (Å²) >= 11 is 12.2. The van der Waals surface area contributed by atoms with E-state index in [4.69, 9.17) is 23.2 Å². The van der Waals surface area contributed by atoms with Gasteiger partial charge in [-0.05, 0) is 98.9 Å². The Morgan fingerprint density at radius 2 is 1.13 bits per heavy atom. The molecule has 2 aromatic carbocycles. The van der Waals surface area contributed by atoms with Crippen molar-refractivity contribution in [3.05, 3.63) is 109 Å². The maximum atomic E-state index is 6.13. The van der Waals surface area contributed by atoms with Gasteiger partial charge in [-0.1, -0.05) is 12.1 Å². The standard InChI is InChI=1S/2C18H16ClN7/c1-11(2)26-10-22-14-16(24-18(19)25-17(14)26)23-13-6-4-12(5-7-13)15-20-8-3-9-21-15;1-11(2)26-10-22-15-16(24-18(19)25-17(15)26)23-14-5-3-4-12(6-14)13-7-20-9-21-8-13/h2*3-11H,1-2H3,(H,23,24,25). The number of benzene rings is 2. The van der Waals surface area contributed by atoms with Crippen molar-refractivity contribution in [2.24, 2.45) is 0 Å². The summed E-state index contributed by atoms with van der Waals surface area (Å²) in [7, 11) is 0. The highest BCUT2D eigenvalue weighted by Gasteiger charge is 2.16. The molecule has 0 aliphatic carbocycles. The predicted octanol–water partition coefficient (Wildman–Crippen LogP) is 8.52. The second-order valence-corrected chi connectivity index (χ2v) is 12.8. The van der Waals surface area contributed by atoms with Gasteiger partial charge in [-0.25, -0.2) is 29.9 Å². The fourth-order valence-corrected chi connectivity index (χ4v) is 5.69. The van der Waals surface area contributed by atoms with Gasteiger partial charge in [-0.2, -0.15) is 19.9 Å². The zero-order chi connectivity index (χ0) is 36.2. The Morgan fingerprint density at radius 1 is 0.577 bits per heavy atom. The van der Waals surface area contributed by atoms with Gasteiger partial charge in [-0.15, -0.1) is 0 Å². The summed E-state index contributed by atoms with van der Waals surface area (Å²) < 4.78 is 3.93. The Morgan fingerprint density at radius 3 is 1.69 bits per heavy atom. The number of nitrogens with zero attached hydrogens (tertiary/aromatic N) is 12. The zero-order valence-corrected chi connectivity index (χ0v) is 30.0. The number of hydrogen-bond acceptors (Lipinski definition) is 12. The molecule has 6 heterocycles. The van der Waals surface area contributed by atoms with Crippen LogP contribution in [0, 0.1) is 0 Å². The van der Waals surface area contributed by atoms with E-state index >= 15 is 0 Å². The number of nitrogens with one attached hydrogen (secondary N) is 2. The molecule has 8 aromatic rings. The average molecular weight is 732 g/mol. The molecule has 52 heavy (non-hydrogen) atoms. The van der Waals surface area contributed by atoms with Crippen LogP contribution in [0.25, 0.3) is 44.8 Å². The molecule has 16 heteroatoms. The lowest BCUT2D eigenvalue weighted by atomic mass is 10.1. The largest absolute Gasteiger partial charge is 0.338 e. The van der Waals surface area contributed by atoms with Gasteiger partial charge in [0.1, 0.15) is 6.33 Å². The minimum Gasteiger partial charge on any atom is -0.338 e. The third-order valence-electron chi connectivity index (χ3n) is 7.89. The molecule has 0 unspecified atom stereocenters. The van der Waals surface area contributed by atoms with E-state index in [1.165, 1.54) is 6.33 Å². The van der Waals surface area contributed by atoms with E-state index in [0.29, 0.717) is 39.8 Å². The maximum absolute atomic E-state index is 6.13. The molecular formula is C36H32Cl2N14. The fourth-order valence-electron chi connectivity index (χ4n) is 5.36. The van der Waals surface area contributed by atoms with Crippen molar-refractivity contribution < 1.29 is 0 Å². The normalized spacial score (nSPS) is 11.2. The Labute approximate surface area is 308 Å². The molecule has 0 amide bonds. The van der Waals surface area contributed by atoms with Crippen molar-refractivity contribution in [3.8, 4) is 22.5 Å². The third kappa shape index (κ3) is 7.48. The number of anilines is 4. The van der Waals surface area contributed by atoms with Crippen LogP contribution >= 0.6 is 23.2 Å². The first-order chi connectivity index (χ1) is 25.2. The molecule has 14 nitrogen and oxygen atoms in total. The van der Waals surface area contributed by atoms with Crippen molar-refractivity contribution in [3.63, 3.8) is 0 Å². The minimum absolute atomic E-state index is 0.176. The van der Waals surface area contributed by atoms with Gasteiger partial charge in [-0.3, -0.25) is 0 Å². The molecule has 6 aromatic heterocycles. The molecule has 2 N–H and O–H groups in total. The van der Waals surface area contributed by atoms with E-state index in [-0.39, 0.29) is 22.7 Å². The van der Waals surface area contributed by atoms with Crippen LogP contribution in [-0.2, 0) is 0 Å². The SMILES string of the molecule is CC(C)n1cnc2c(Nc3ccc(-c4ncccn4)cc3)nc(Cl)nc21.CC(C)n1cnc2c(Nc3cccc(-c4cncnc4)c3)nc(Cl)nc21. The van der Waals surface area contributed by atoms with Crippen LogP contribution in [0.3, 0.4) is 0 Å². The van der Waals surface area contributed by atoms with Gasteiger partial charge in [0, 0.05) is 59.4 Å². The van der Waals surface area contributed by atoms with E-state index in [1.54, 1.807) is 43.5 Å². The van der Waals surface area contributed by atoms with Crippen LogP contribution in [0.2, 0.25) is 10.6 Å². The summed E-state index contributed by atoms with van der Waals surface area (Å²) in [5.74, 6) is 1.83. The molecular weight excluding hydrogens is 699 g/mol. The highest BCUT2D eigenvalue weighted by atomic mass is 35.5. The Hall–Kier alpha value is -6.12. The molecule has 8 rings (SSSR count). The molecule has 0 spiro atoms. The number of hydrogen-bond donors (Lipinski definition) is 2. The number of imidazole rings is 2. The van der Waals surface area contributed by atoms with Gasteiger partial charge in [0.2, 0.25) is 10.6 Å². The molecule has 0 bridgehead atoms. The molecule has 260 valence electrons. The average Bonchev–Trinajstić information content (AvgIpc) is 3.78. The summed E-state index contributed by atoms with van der Waals surface area (Å²) in [4.78, 5) is 42.8. The molecule has 0 atom stereocenters. The summed E-state index contributed by atoms with van der Waals surface area (Å²) in [6, 6.07) is 17.9. The second kappa shape index (κ2) is 15.0. The number of halogens is 2. The maximum Gasteiger partial charge on any atom is 0.226 e. The summed E-state index contributed by atoms with van der Waals surface area (Å²) in [5.41, 5.74) is 7.36. The van der Waals surface area contributed by atoms with Crippen LogP contribution < -0.4 is 10.6 Å². The summed E-state index contributed by atoms with van der Waals surface area (Å²) in [6.07, 6.45) is 12.0. The lowest BCUT2D eigenvalue weighted by Gasteiger charge is -2.10. The van der Waals surface area contributed by atoms with Crippen LogP contribution in [0.5, 0.6) is 0 Å². The molecule has 0 fully saturated rings. The summed E-state index contributed by atoms with van der Waals surface area (Å²) in [6.45, 7) is 8.26. The van der Waals surface area contributed by atoms with Gasteiger partial charge in [0.05, 0.1) is 12.7 Å². The smallest absolute Gasteiger partial charge is 0.226 e.